The average molecular weight is 167 g/mol. The van der Waals surface area contributed by atoms with E-state index in [9.17, 15) is 0 Å². The monoisotopic (exact) mass is 167 g/mol. The van der Waals surface area contributed by atoms with Crippen molar-refractivity contribution in [2.45, 2.75) is 19.3 Å². The van der Waals surface area contributed by atoms with Crippen LogP contribution < -0.4 is 5.73 Å². The Balaban J connectivity index is 2.35. The molecule has 2 rings (SSSR count). The van der Waals surface area contributed by atoms with Crippen LogP contribution in [0.3, 0.4) is 0 Å². The van der Waals surface area contributed by atoms with E-state index in [2.05, 4.69) is 17.7 Å². The zero-order chi connectivity index (χ0) is 7.84. The molecule has 2 heteroatoms. The first kappa shape index (κ1) is 7.32. The van der Waals surface area contributed by atoms with E-state index < -0.39 is 0 Å². The second kappa shape index (κ2) is 2.61. The van der Waals surface area contributed by atoms with Gasteiger partial charge < -0.3 is 5.73 Å². The van der Waals surface area contributed by atoms with Gasteiger partial charge in [0.1, 0.15) is 0 Å². The Bertz CT molecular complexity index is 254. The Morgan fingerprint density at radius 3 is 3.18 bits per heavy atom. The normalized spacial score (nSPS) is 28.9. The maximum atomic E-state index is 5.70. The lowest BCUT2D eigenvalue weighted by atomic mass is 9.96. The van der Waals surface area contributed by atoms with Crippen molar-refractivity contribution in [1.82, 2.24) is 0 Å². The van der Waals surface area contributed by atoms with Gasteiger partial charge >= 0.3 is 0 Å². The summed E-state index contributed by atoms with van der Waals surface area (Å²) in [5, 5.41) is 4.53. The molecule has 0 amide bonds. The van der Waals surface area contributed by atoms with Crippen molar-refractivity contribution in [3.63, 3.8) is 0 Å². The zero-order valence-electron chi connectivity index (χ0n) is 6.71. The predicted molar refractivity (Wildman–Crippen MR) is 49.0 cm³/mol. The van der Waals surface area contributed by atoms with Gasteiger partial charge in [-0.2, -0.15) is 11.3 Å². The molecule has 1 heterocycles. The van der Waals surface area contributed by atoms with Gasteiger partial charge in [0.05, 0.1) is 0 Å². The third kappa shape index (κ3) is 1.01. The molecule has 0 spiro atoms. The molecule has 2 N–H and O–H groups in total. The topological polar surface area (TPSA) is 26.0 Å². The molecule has 1 aliphatic carbocycles. The number of rotatable bonds is 1. The van der Waals surface area contributed by atoms with Crippen LogP contribution in [0.2, 0.25) is 0 Å². The standard InChI is InChI=1S/C9H13NS/c1-6-2-7-4-11-5-9(7)8(6)3-10/h4-6,8H,2-3,10H2,1H3. The second-order valence-electron chi connectivity index (χ2n) is 3.38. The third-order valence-corrected chi connectivity index (χ3v) is 3.47. The minimum absolute atomic E-state index is 0.635. The highest BCUT2D eigenvalue weighted by atomic mass is 32.1. The molecule has 11 heavy (non-hydrogen) atoms. The summed E-state index contributed by atoms with van der Waals surface area (Å²) in [6, 6.07) is 0. The van der Waals surface area contributed by atoms with Crippen LogP contribution >= 0.6 is 11.3 Å². The summed E-state index contributed by atoms with van der Waals surface area (Å²) in [6.07, 6.45) is 1.24. The van der Waals surface area contributed by atoms with Crippen LogP contribution in [0.1, 0.15) is 24.0 Å². The van der Waals surface area contributed by atoms with Gasteiger partial charge in [-0.15, -0.1) is 0 Å². The molecular formula is C9H13NS. The Labute approximate surface area is 71.2 Å². The van der Waals surface area contributed by atoms with Gasteiger partial charge in [0, 0.05) is 5.92 Å². The molecule has 0 saturated heterocycles. The smallest absolute Gasteiger partial charge is 0.0000968 e. The fourth-order valence-electron chi connectivity index (χ4n) is 1.98. The summed E-state index contributed by atoms with van der Waals surface area (Å²) in [7, 11) is 0. The minimum Gasteiger partial charge on any atom is -0.330 e. The van der Waals surface area contributed by atoms with E-state index in [-0.39, 0.29) is 0 Å². The van der Waals surface area contributed by atoms with Crippen molar-refractivity contribution in [3.05, 3.63) is 21.9 Å². The summed E-state index contributed by atoms with van der Waals surface area (Å²) in [6.45, 7) is 3.10. The SMILES string of the molecule is CC1Cc2cscc2C1CN. The van der Waals surface area contributed by atoms with Gasteiger partial charge in [0.2, 0.25) is 0 Å². The van der Waals surface area contributed by atoms with Crippen LogP contribution in [0.4, 0.5) is 0 Å². The van der Waals surface area contributed by atoms with Crippen molar-refractivity contribution in [2.24, 2.45) is 11.7 Å². The number of nitrogens with two attached hydrogens (primary N) is 1. The Morgan fingerprint density at radius 2 is 2.45 bits per heavy atom. The molecule has 0 saturated carbocycles. The largest absolute Gasteiger partial charge is 0.330 e. The molecule has 0 bridgehead atoms. The second-order valence-corrected chi connectivity index (χ2v) is 4.12. The summed E-state index contributed by atoms with van der Waals surface area (Å²) >= 11 is 1.81. The van der Waals surface area contributed by atoms with Crippen molar-refractivity contribution in [3.8, 4) is 0 Å². The Morgan fingerprint density at radius 1 is 1.64 bits per heavy atom. The first-order chi connectivity index (χ1) is 5.33. The number of hydrogen-bond donors (Lipinski definition) is 1. The maximum absolute atomic E-state index is 5.70. The van der Waals surface area contributed by atoms with Crippen molar-refractivity contribution in [2.75, 3.05) is 6.54 Å². The van der Waals surface area contributed by atoms with E-state index in [4.69, 9.17) is 5.73 Å². The maximum Gasteiger partial charge on any atom is 0.0000968 e. The van der Waals surface area contributed by atoms with E-state index in [0.717, 1.165) is 12.5 Å². The summed E-state index contributed by atoms with van der Waals surface area (Å²) in [4.78, 5) is 0. The molecule has 0 fully saturated rings. The van der Waals surface area contributed by atoms with Gasteiger partial charge in [-0.25, -0.2) is 0 Å². The fourth-order valence-corrected chi connectivity index (χ4v) is 2.92. The van der Waals surface area contributed by atoms with E-state index in [1.54, 1.807) is 0 Å². The van der Waals surface area contributed by atoms with E-state index >= 15 is 0 Å². The van der Waals surface area contributed by atoms with Crippen LogP contribution in [-0.2, 0) is 6.42 Å². The lowest BCUT2D eigenvalue weighted by Crippen LogP contribution is -2.15. The van der Waals surface area contributed by atoms with E-state index in [1.165, 1.54) is 17.5 Å². The summed E-state index contributed by atoms with van der Waals surface area (Å²) < 4.78 is 0. The molecule has 1 aromatic rings. The number of hydrogen-bond acceptors (Lipinski definition) is 2. The average Bonchev–Trinajstić information content (AvgIpc) is 2.46. The zero-order valence-corrected chi connectivity index (χ0v) is 7.53. The lowest BCUT2D eigenvalue weighted by Gasteiger charge is -2.12. The van der Waals surface area contributed by atoms with Gasteiger partial charge in [-0.1, -0.05) is 6.92 Å². The van der Waals surface area contributed by atoms with Gasteiger partial charge in [0.25, 0.3) is 0 Å². The minimum atomic E-state index is 0.635. The van der Waals surface area contributed by atoms with Crippen LogP contribution in [-0.4, -0.2) is 6.54 Å². The quantitative estimate of drug-likeness (QED) is 0.680. The molecule has 1 nitrogen and oxygen atoms in total. The van der Waals surface area contributed by atoms with Crippen LogP contribution in [0.25, 0.3) is 0 Å². The lowest BCUT2D eigenvalue weighted by molar-refractivity contribution is 0.506. The van der Waals surface area contributed by atoms with Crippen LogP contribution in [0.15, 0.2) is 10.8 Å². The van der Waals surface area contributed by atoms with Crippen molar-refractivity contribution < 1.29 is 0 Å². The molecule has 1 aromatic heterocycles. The molecule has 2 unspecified atom stereocenters. The Kier molecular flexibility index (Phi) is 1.74. The molecule has 0 aliphatic heterocycles. The first-order valence-electron chi connectivity index (χ1n) is 4.08. The van der Waals surface area contributed by atoms with Gasteiger partial charge in [-0.05, 0) is 40.8 Å². The molecule has 0 aromatic carbocycles. The molecule has 0 radical (unpaired) electrons. The Hall–Kier alpha value is -0.340. The molecule has 1 aliphatic rings. The van der Waals surface area contributed by atoms with E-state index in [1.807, 2.05) is 11.3 Å². The molecular weight excluding hydrogens is 154 g/mol. The highest BCUT2D eigenvalue weighted by Crippen LogP contribution is 2.38. The third-order valence-electron chi connectivity index (χ3n) is 2.66. The van der Waals surface area contributed by atoms with Crippen LogP contribution in [0, 0.1) is 5.92 Å². The summed E-state index contributed by atoms with van der Waals surface area (Å²) in [5.74, 6) is 1.40. The van der Waals surface area contributed by atoms with Gasteiger partial charge in [0.15, 0.2) is 0 Å². The number of fused-ring (bicyclic) bond motifs is 1. The van der Waals surface area contributed by atoms with Crippen molar-refractivity contribution >= 4 is 11.3 Å². The van der Waals surface area contributed by atoms with Crippen LogP contribution in [0.5, 0.6) is 0 Å². The fraction of sp³-hybridized carbons (Fsp3) is 0.556. The van der Waals surface area contributed by atoms with Gasteiger partial charge in [-0.3, -0.25) is 0 Å². The summed E-state index contributed by atoms with van der Waals surface area (Å²) in [5.41, 5.74) is 8.76. The van der Waals surface area contributed by atoms with E-state index in [0.29, 0.717) is 5.92 Å². The number of thiophene rings is 1. The molecule has 60 valence electrons. The highest BCUT2D eigenvalue weighted by molar-refractivity contribution is 7.08. The predicted octanol–water partition coefficient (Wildman–Crippen LogP) is 1.98. The molecule has 2 atom stereocenters. The first-order valence-corrected chi connectivity index (χ1v) is 5.02. The van der Waals surface area contributed by atoms with Crippen molar-refractivity contribution in [1.29, 1.82) is 0 Å². The highest BCUT2D eigenvalue weighted by Gasteiger charge is 2.28.